The molecule has 0 spiro atoms. The highest BCUT2D eigenvalue weighted by Crippen LogP contribution is 2.24. The lowest BCUT2D eigenvalue weighted by Gasteiger charge is -2.12. The molecule has 1 aliphatic heterocycles. The molecule has 0 amide bonds. The van der Waals surface area contributed by atoms with E-state index < -0.39 is 10.0 Å². The van der Waals surface area contributed by atoms with E-state index in [4.69, 9.17) is 0 Å². The van der Waals surface area contributed by atoms with Crippen LogP contribution in [0.4, 0.5) is 11.4 Å². The van der Waals surface area contributed by atoms with Crippen LogP contribution in [0.1, 0.15) is 6.42 Å². The smallest absolute Gasteiger partial charge is 0.229 e. The Morgan fingerprint density at radius 3 is 2.83 bits per heavy atom. The second kappa shape index (κ2) is 5.84. The van der Waals surface area contributed by atoms with Crippen molar-refractivity contribution in [2.24, 2.45) is 5.92 Å². The maximum absolute atomic E-state index is 11.1. The first-order valence-corrected chi connectivity index (χ1v) is 8.97. The molecular weight excluding hydrogens is 268 g/mol. The molecule has 18 heavy (non-hydrogen) atoms. The highest BCUT2D eigenvalue weighted by atomic mass is 32.2. The lowest BCUT2D eigenvalue weighted by molar-refractivity contribution is 0.607. The zero-order chi connectivity index (χ0) is 13.0. The van der Waals surface area contributed by atoms with Gasteiger partial charge in [-0.15, -0.1) is 0 Å². The first-order chi connectivity index (χ1) is 8.53. The quantitative estimate of drug-likeness (QED) is 0.871. The molecule has 1 aliphatic rings. The Labute approximate surface area is 113 Å². The first-order valence-electron chi connectivity index (χ1n) is 5.92. The molecule has 1 heterocycles. The Bertz CT molecular complexity index is 497. The molecule has 0 radical (unpaired) electrons. The molecule has 0 aromatic heterocycles. The Morgan fingerprint density at radius 1 is 1.39 bits per heavy atom. The van der Waals surface area contributed by atoms with Gasteiger partial charge in [-0.1, -0.05) is 6.07 Å². The summed E-state index contributed by atoms with van der Waals surface area (Å²) < 4.78 is 24.8. The molecule has 1 unspecified atom stereocenters. The van der Waals surface area contributed by atoms with Crippen LogP contribution in [-0.4, -0.2) is 32.7 Å². The third kappa shape index (κ3) is 4.42. The molecule has 1 aromatic rings. The molecule has 0 bridgehead atoms. The predicted octanol–water partition coefficient (Wildman–Crippen LogP) is 2.22. The zero-order valence-corrected chi connectivity index (χ0v) is 12.0. The topological polar surface area (TPSA) is 58.2 Å². The van der Waals surface area contributed by atoms with Crippen molar-refractivity contribution in [2.45, 2.75) is 6.42 Å². The van der Waals surface area contributed by atoms with Crippen molar-refractivity contribution in [3.63, 3.8) is 0 Å². The number of nitrogens with one attached hydrogen (secondary N) is 2. The Balaban J connectivity index is 1.94. The van der Waals surface area contributed by atoms with E-state index in [1.54, 1.807) is 6.07 Å². The van der Waals surface area contributed by atoms with Crippen LogP contribution in [0.25, 0.3) is 0 Å². The summed E-state index contributed by atoms with van der Waals surface area (Å²) >= 11 is 2.00. The molecule has 2 rings (SSSR count). The summed E-state index contributed by atoms with van der Waals surface area (Å²) in [4.78, 5) is 0. The van der Waals surface area contributed by atoms with Crippen LogP contribution in [0.5, 0.6) is 0 Å². The van der Waals surface area contributed by atoms with Crippen molar-refractivity contribution in [1.29, 1.82) is 0 Å². The van der Waals surface area contributed by atoms with Crippen LogP contribution in [0.3, 0.4) is 0 Å². The minimum absolute atomic E-state index is 0.600. The van der Waals surface area contributed by atoms with Crippen molar-refractivity contribution in [3.8, 4) is 0 Å². The summed E-state index contributed by atoms with van der Waals surface area (Å²) in [5.41, 5.74) is 1.56. The number of rotatable bonds is 5. The van der Waals surface area contributed by atoms with Crippen LogP contribution in [0, 0.1) is 5.92 Å². The maximum Gasteiger partial charge on any atom is 0.229 e. The van der Waals surface area contributed by atoms with Crippen LogP contribution in [0.2, 0.25) is 0 Å². The van der Waals surface area contributed by atoms with Gasteiger partial charge in [-0.3, -0.25) is 4.72 Å². The molecule has 4 nitrogen and oxygen atoms in total. The van der Waals surface area contributed by atoms with Crippen molar-refractivity contribution in [1.82, 2.24) is 0 Å². The molecule has 100 valence electrons. The van der Waals surface area contributed by atoms with E-state index in [0.717, 1.165) is 24.4 Å². The molecular formula is C12H18N2O2S2. The van der Waals surface area contributed by atoms with E-state index in [-0.39, 0.29) is 0 Å². The first kappa shape index (κ1) is 13.5. The van der Waals surface area contributed by atoms with Gasteiger partial charge >= 0.3 is 0 Å². The monoisotopic (exact) mass is 286 g/mol. The maximum atomic E-state index is 11.1. The summed E-state index contributed by atoms with van der Waals surface area (Å²) in [5, 5.41) is 3.36. The van der Waals surface area contributed by atoms with Gasteiger partial charge in [-0.25, -0.2) is 8.42 Å². The van der Waals surface area contributed by atoms with Crippen LogP contribution in [-0.2, 0) is 10.0 Å². The van der Waals surface area contributed by atoms with Crippen LogP contribution >= 0.6 is 11.8 Å². The summed E-state index contributed by atoms with van der Waals surface area (Å²) in [6.07, 6.45) is 2.42. The molecule has 0 aliphatic carbocycles. The molecule has 2 N–H and O–H groups in total. The van der Waals surface area contributed by atoms with Gasteiger partial charge < -0.3 is 5.32 Å². The Morgan fingerprint density at radius 2 is 2.17 bits per heavy atom. The van der Waals surface area contributed by atoms with Crippen molar-refractivity contribution in [2.75, 3.05) is 34.3 Å². The highest BCUT2D eigenvalue weighted by Gasteiger charge is 2.14. The van der Waals surface area contributed by atoms with Gasteiger partial charge in [0.25, 0.3) is 0 Å². The van der Waals surface area contributed by atoms with E-state index in [9.17, 15) is 8.42 Å². The fraction of sp³-hybridized carbons (Fsp3) is 0.500. The average molecular weight is 286 g/mol. The van der Waals surface area contributed by atoms with E-state index in [1.807, 2.05) is 30.0 Å². The molecule has 0 saturated carbocycles. The molecule has 1 fully saturated rings. The normalized spacial score (nSPS) is 19.7. The number of hydrogen-bond donors (Lipinski definition) is 2. The van der Waals surface area contributed by atoms with E-state index in [1.165, 1.54) is 17.9 Å². The molecule has 1 aromatic carbocycles. The molecule has 1 saturated heterocycles. The summed E-state index contributed by atoms with van der Waals surface area (Å²) in [6, 6.07) is 7.37. The minimum Gasteiger partial charge on any atom is -0.385 e. The molecule has 6 heteroatoms. The fourth-order valence-electron chi connectivity index (χ4n) is 1.91. The number of benzene rings is 1. The summed E-state index contributed by atoms with van der Waals surface area (Å²) in [7, 11) is -3.21. The Hall–Kier alpha value is -0.880. The second-order valence-corrected chi connectivity index (χ2v) is 7.46. The van der Waals surface area contributed by atoms with Gasteiger partial charge in [0.05, 0.1) is 11.9 Å². The lowest BCUT2D eigenvalue weighted by atomic mass is 10.1. The second-order valence-electron chi connectivity index (χ2n) is 4.57. The number of anilines is 2. The van der Waals surface area contributed by atoms with Gasteiger partial charge in [0.1, 0.15) is 0 Å². The van der Waals surface area contributed by atoms with E-state index in [2.05, 4.69) is 10.0 Å². The highest BCUT2D eigenvalue weighted by molar-refractivity contribution is 7.99. The van der Waals surface area contributed by atoms with E-state index >= 15 is 0 Å². The molecule has 1 atom stereocenters. The zero-order valence-electron chi connectivity index (χ0n) is 10.3. The average Bonchev–Trinajstić information content (AvgIpc) is 2.77. The van der Waals surface area contributed by atoms with Gasteiger partial charge in [0, 0.05) is 12.2 Å². The van der Waals surface area contributed by atoms with Crippen LogP contribution in [0.15, 0.2) is 24.3 Å². The van der Waals surface area contributed by atoms with Gasteiger partial charge in [-0.2, -0.15) is 11.8 Å². The SMILES string of the molecule is CS(=O)(=O)Nc1cccc(NCC2CCSC2)c1. The largest absolute Gasteiger partial charge is 0.385 e. The van der Waals surface area contributed by atoms with Gasteiger partial charge in [-0.05, 0) is 42.0 Å². The summed E-state index contributed by atoms with van der Waals surface area (Å²) in [6.45, 7) is 0.954. The fourth-order valence-corrected chi connectivity index (χ4v) is 3.75. The number of sulfonamides is 1. The van der Waals surface area contributed by atoms with Crippen molar-refractivity contribution in [3.05, 3.63) is 24.3 Å². The predicted molar refractivity (Wildman–Crippen MR) is 78.8 cm³/mol. The van der Waals surface area contributed by atoms with Crippen LogP contribution < -0.4 is 10.0 Å². The van der Waals surface area contributed by atoms with E-state index in [0.29, 0.717) is 5.69 Å². The number of thioether (sulfide) groups is 1. The standard InChI is InChI=1S/C12H18N2O2S2/c1-18(15,16)14-12-4-2-3-11(7-12)13-8-10-5-6-17-9-10/h2-4,7,10,13-14H,5-6,8-9H2,1H3. The minimum atomic E-state index is -3.21. The third-order valence-electron chi connectivity index (χ3n) is 2.78. The Kier molecular flexibility index (Phi) is 4.40. The van der Waals surface area contributed by atoms with Gasteiger partial charge in [0.2, 0.25) is 10.0 Å². The lowest BCUT2D eigenvalue weighted by Crippen LogP contribution is -2.14. The summed E-state index contributed by atoms with van der Waals surface area (Å²) in [5.74, 6) is 3.19. The van der Waals surface area contributed by atoms with Crippen molar-refractivity contribution < 1.29 is 8.42 Å². The van der Waals surface area contributed by atoms with Crippen molar-refractivity contribution >= 4 is 33.2 Å². The number of hydrogen-bond acceptors (Lipinski definition) is 4. The van der Waals surface area contributed by atoms with Gasteiger partial charge in [0.15, 0.2) is 0 Å². The third-order valence-corrected chi connectivity index (χ3v) is 4.62.